The monoisotopic (exact) mass is 576 g/mol. The number of ether oxygens (including phenoxy) is 1. The zero-order valence-corrected chi connectivity index (χ0v) is 21.8. The third kappa shape index (κ3) is 6.13. The molecule has 2 aliphatic heterocycles. The van der Waals surface area contributed by atoms with Crippen LogP contribution < -0.4 is 0 Å². The lowest BCUT2D eigenvalue weighted by Gasteiger charge is -2.48. The summed E-state index contributed by atoms with van der Waals surface area (Å²) in [6, 6.07) is 9.71. The summed E-state index contributed by atoms with van der Waals surface area (Å²) < 4.78 is 36.7. The third-order valence-corrected chi connectivity index (χ3v) is 8.38. The number of nitro groups is 2. The van der Waals surface area contributed by atoms with E-state index in [4.69, 9.17) is 8.92 Å². The third-order valence-electron chi connectivity index (χ3n) is 5.67. The average molecular weight is 577 g/mol. The highest BCUT2D eigenvalue weighted by Crippen LogP contribution is 2.44. The smallest absolute Gasteiger partial charge is 0.313 e. The van der Waals surface area contributed by atoms with E-state index < -0.39 is 54.9 Å². The lowest BCUT2D eigenvalue weighted by atomic mass is 10.1. The van der Waals surface area contributed by atoms with E-state index in [9.17, 15) is 38.2 Å². The zero-order chi connectivity index (χ0) is 28.3. The fourth-order valence-corrected chi connectivity index (χ4v) is 6.55. The highest BCUT2D eigenvalue weighted by molar-refractivity contribution is 8.00. The number of aliphatic imine (C=N–C) groups is 1. The van der Waals surface area contributed by atoms with Crippen LogP contribution in [0.25, 0.3) is 0 Å². The fourth-order valence-electron chi connectivity index (χ4n) is 3.74. The van der Waals surface area contributed by atoms with E-state index in [-0.39, 0.29) is 29.3 Å². The van der Waals surface area contributed by atoms with Crippen LogP contribution >= 0.6 is 11.8 Å². The van der Waals surface area contributed by atoms with E-state index in [1.165, 1.54) is 66.5 Å². The van der Waals surface area contributed by atoms with Crippen LogP contribution in [0.2, 0.25) is 0 Å². The summed E-state index contributed by atoms with van der Waals surface area (Å²) in [6.45, 7) is 0.341. The Bertz CT molecular complexity index is 1490. The molecular formula is C23H20N4O10S2. The molecule has 2 aromatic rings. The molecule has 204 valence electrons. The Hall–Kier alpha value is -4.15. The minimum Gasteiger partial charge on any atom is -0.461 e. The number of rotatable bonds is 10. The summed E-state index contributed by atoms with van der Waals surface area (Å²) in [4.78, 5) is 50.3. The summed E-state index contributed by atoms with van der Waals surface area (Å²) in [5.41, 5.74) is 0.731. The van der Waals surface area contributed by atoms with E-state index >= 15 is 0 Å². The predicted molar refractivity (Wildman–Crippen MR) is 138 cm³/mol. The number of esters is 1. The molecule has 4 rings (SSSR count). The Kier molecular flexibility index (Phi) is 8.08. The van der Waals surface area contributed by atoms with Crippen molar-refractivity contribution >= 4 is 51.3 Å². The van der Waals surface area contributed by atoms with E-state index in [0.29, 0.717) is 11.1 Å². The zero-order valence-electron chi connectivity index (χ0n) is 20.2. The molecule has 0 N–H and O–H groups in total. The number of β-lactam (4-membered cyclic amide) rings is 1. The van der Waals surface area contributed by atoms with Crippen LogP contribution in [0, 0.1) is 20.2 Å². The Labute approximate surface area is 225 Å². The Morgan fingerprint density at radius 1 is 1.08 bits per heavy atom. The van der Waals surface area contributed by atoms with Crippen molar-refractivity contribution in [2.75, 3.05) is 12.4 Å². The molecular weight excluding hydrogens is 556 g/mol. The summed E-state index contributed by atoms with van der Waals surface area (Å²) in [5.74, 6) is -1.15. The van der Waals surface area contributed by atoms with Crippen LogP contribution in [-0.4, -0.2) is 65.0 Å². The van der Waals surface area contributed by atoms with Gasteiger partial charge in [0.15, 0.2) is 11.1 Å². The van der Waals surface area contributed by atoms with E-state index in [0.717, 1.165) is 11.8 Å². The molecule has 0 unspecified atom stereocenters. The number of carbonyl (C=O) groups is 2. The standard InChI is InChI=1S/C23H20N4O10S2/c1-14(28)36-12-17-13-38-22-20(24-10-15-2-6-18(7-3-15)26(30)31)21(29)25(22)23(17)39(34,35)37-11-16-4-8-19(9-5-16)27(32)33/h2-10,20,22H,11-13H2,1H3/t20-,22-/m0/s1. The molecule has 2 aliphatic rings. The molecule has 14 nitrogen and oxygen atoms in total. The van der Waals surface area contributed by atoms with Crippen molar-refractivity contribution in [2.24, 2.45) is 4.99 Å². The van der Waals surface area contributed by atoms with Crippen LogP contribution in [-0.2, 0) is 35.2 Å². The topological polar surface area (TPSA) is 189 Å². The normalized spacial score (nSPS) is 19.0. The van der Waals surface area contributed by atoms with Gasteiger partial charge in [-0.1, -0.05) is 0 Å². The molecule has 1 fully saturated rings. The molecule has 2 atom stereocenters. The fraction of sp³-hybridized carbons (Fsp3) is 0.261. The lowest BCUT2D eigenvalue weighted by molar-refractivity contribution is -0.385. The molecule has 0 spiro atoms. The van der Waals surface area contributed by atoms with Crippen LogP contribution in [0.3, 0.4) is 0 Å². The number of fused-ring (bicyclic) bond motifs is 1. The van der Waals surface area contributed by atoms with Crippen LogP contribution in [0.15, 0.2) is 64.1 Å². The summed E-state index contributed by atoms with van der Waals surface area (Å²) in [5, 5.41) is 20.6. The van der Waals surface area contributed by atoms with Crippen LogP contribution in [0.4, 0.5) is 11.4 Å². The van der Waals surface area contributed by atoms with Crippen LogP contribution in [0.5, 0.6) is 0 Å². The van der Waals surface area contributed by atoms with Crippen molar-refractivity contribution in [1.29, 1.82) is 0 Å². The molecule has 1 saturated heterocycles. The van der Waals surface area contributed by atoms with Gasteiger partial charge >= 0.3 is 16.1 Å². The van der Waals surface area contributed by atoms with Gasteiger partial charge in [0.1, 0.15) is 12.0 Å². The number of hydrogen-bond donors (Lipinski definition) is 0. The molecule has 0 bridgehead atoms. The largest absolute Gasteiger partial charge is 0.461 e. The second-order valence-corrected chi connectivity index (χ2v) is 10.9. The summed E-state index contributed by atoms with van der Waals surface area (Å²) in [7, 11) is -4.54. The van der Waals surface area contributed by atoms with Gasteiger partial charge in [-0.2, -0.15) is 8.42 Å². The van der Waals surface area contributed by atoms with Gasteiger partial charge in [0, 0.05) is 48.7 Å². The molecule has 16 heteroatoms. The highest BCUT2D eigenvalue weighted by atomic mass is 32.2. The second-order valence-electron chi connectivity index (χ2n) is 8.31. The highest BCUT2D eigenvalue weighted by Gasteiger charge is 2.55. The van der Waals surface area contributed by atoms with E-state index in [2.05, 4.69) is 4.99 Å². The van der Waals surface area contributed by atoms with Crippen molar-refractivity contribution < 1.29 is 36.8 Å². The van der Waals surface area contributed by atoms with Crippen LogP contribution in [0.1, 0.15) is 18.1 Å². The molecule has 2 aromatic carbocycles. The Morgan fingerprint density at radius 3 is 2.23 bits per heavy atom. The van der Waals surface area contributed by atoms with Gasteiger partial charge < -0.3 is 4.74 Å². The van der Waals surface area contributed by atoms with Gasteiger partial charge in [-0.3, -0.25) is 43.9 Å². The molecule has 1 amide bonds. The van der Waals surface area contributed by atoms with Gasteiger partial charge in [0.05, 0.1) is 16.5 Å². The maximum Gasteiger partial charge on any atom is 0.313 e. The van der Waals surface area contributed by atoms with Gasteiger partial charge in [-0.05, 0) is 35.4 Å². The number of amides is 1. The number of nitro benzene ring substituents is 2. The number of thioether (sulfide) groups is 1. The van der Waals surface area contributed by atoms with E-state index in [1.54, 1.807) is 0 Å². The molecule has 0 aliphatic carbocycles. The number of carbonyl (C=O) groups excluding carboxylic acids is 2. The molecule has 0 radical (unpaired) electrons. The van der Waals surface area contributed by atoms with Gasteiger partial charge in [-0.15, -0.1) is 11.8 Å². The predicted octanol–water partition coefficient (Wildman–Crippen LogP) is 2.53. The lowest BCUT2D eigenvalue weighted by Crippen LogP contribution is -2.64. The molecule has 0 saturated carbocycles. The van der Waals surface area contributed by atoms with E-state index in [1.807, 2.05) is 0 Å². The average Bonchev–Trinajstić information content (AvgIpc) is 2.90. The second kappa shape index (κ2) is 11.3. The first kappa shape index (κ1) is 27.9. The number of benzene rings is 2. The first-order valence-corrected chi connectivity index (χ1v) is 13.6. The van der Waals surface area contributed by atoms with Gasteiger partial charge in [0.2, 0.25) is 0 Å². The number of hydrogen-bond acceptors (Lipinski definition) is 12. The molecule has 0 aromatic heterocycles. The van der Waals surface area contributed by atoms with Crippen molar-refractivity contribution in [3.63, 3.8) is 0 Å². The maximum absolute atomic E-state index is 13.3. The minimum absolute atomic E-state index is 0.102. The first-order valence-electron chi connectivity index (χ1n) is 11.2. The Morgan fingerprint density at radius 2 is 1.67 bits per heavy atom. The SMILES string of the molecule is CC(=O)OCC1=C(S(=O)(=O)OCc2ccc([N+](=O)[O-])cc2)N2C(=O)[C@H](N=Cc3ccc([N+](=O)[O-])cc3)[C@@H]2SC1. The summed E-state index contributed by atoms with van der Waals surface area (Å²) >= 11 is 1.23. The molecule has 39 heavy (non-hydrogen) atoms. The van der Waals surface area contributed by atoms with Gasteiger partial charge in [-0.25, -0.2) is 0 Å². The van der Waals surface area contributed by atoms with Crippen molar-refractivity contribution in [3.05, 3.63) is 90.5 Å². The first-order chi connectivity index (χ1) is 18.5. The van der Waals surface area contributed by atoms with Crippen molar-refractivity contribution in [3.8, 4) is 0 Å². The summed E-state index contributed by atoms with van der Waals surface area (Å²) in [6.07, 6.45) is 1.38. The number of nitrogens with zero attached hydrogens (tertiary/aromatic N) is 4. The quantitative estimate of drug-likeness (QED) is 0.101. The minimum atomic E-state index is -4.54. The van der Waals surface area contributed by atoms with Crippen molar-refractivity contribution in [2.45, 2.75) is 24.9 Å². The van der Waals surface area contributed by atoms with Gasteiger partial charge in [0.25, 0.3) is 17.3 Å². The number of non-ortho nitro benzene ring substituents is 2. The van der Waals surface area contributed by atoms with Crippen molar-refractivity contribution in [1.82, 2.24) is 4.90 Å². The molecule has 2 heterocycles. The Balaban J connectivity index is 1.55. The maximum atomic E-state index is 13.3.